The Morgan fingerprint density at radius 2 is 2.16 bits per heavy atom. The van der Waals surface area contributed by atoms with Gasteiger partial charge in [-0.05, 0) is 31.2 Å². The lowest BCUT2D eigenvalue weighted by atomic mass is 10.1. The first-order chi connectivity index (χ1) is 8.99. The summed E-state index contributed by atoms with van der Waals surface area (Å²) in [5.74, 6) is -1.85. The molecular weight excluding hydrogens is 251 g/mol. The van der Waals surface area contributed by atoms with Crippen molar-refractivity contribution in [2.75, 3.05) is 19.0 Å². The predicted octanol–water partition coefficient (Wildman–Crippen LogP) is 1.54. The fraction of sp³-hybridized carbons (Fsp3) is 0.385. The zero-order chi connectivity index (χ0) is 14.4. The summed E-state index contributed by atoms with van der Waals surface area (Å²) in [6, 6.07) is 3.51. The van der Waals surface area contributed by atoms with Crippen molar-refractivity contribution in [3.8, 4) is 0 Å². The molecule has 1 unspecified atom stereocenters. The van der Waals surface area contributed by atoms with Crippen LogP contribution < -0.4 is 11.1 Å². The normalized spacial score (nSPS) is 11.8. The molecule has 0 spiro atoms. The highest BCUT2D eigenvalue weighted by molar-refractivity contribution is 6.01. The molecule has 0 aliphatic carbocycles. The number of benzene rings is 1. The van der Waals surface area contributed by atoms with Crippen LogP contribution in [0, 0.1) is 11.7 Å². The molecule has 6 heteroatoms. The number of nitrogens with two attached hydrogens (primary N) is 1. The number of nitrogens with one attached hydrogen (secondary N) is 1. The molecule has 1 amide bonds. The summed E-state index contributed by atoms with van der Waals surface area (Å²) in [4.78, 5) is 23.3. The minimum atomic E-state index is -0.707. The van der Waals surface area contributed by atoms with Gasteiger partial charge in [-0.15, -0.1) is 0 Å². The van der Waals surface area contributed by atoms with E-state index in [0.29, 0.717) is 13.0 Å². The molecule has 0 bridgehead atoms. The van der Waals surface area contributed by atoms with Crippen LogP contribution in [-0.4, -0.2) is 25.5 Å². The second kappa shape index (κ2) is 6.84. The molecule has 1 atom stereocenters. The van der Waals surface area contributed by atoms with Crippen LogP contribution in [0.2, 0.25) is 0 Å². The number of carbonyl (C=O) groups is 2. The standard InChI is InChI=1S/C13H17FN2O3/c1-8(5-6-15)12(17)16-11-4-3-9(14)7-10(11)13(18)19-2/h3-4,7-8H,5-6,15H2,1-2H3,(H,16,17). The van der Waals surface area contributed by atoms with E-state index in [9.17, 15) is 14.0 Å². The molecule has 5 nitrogen and oxygen atoms in total. The van der Waals surface area contributed by atoms with Gasteiger partial charge >= 0.3 is 5.97 Å². The topological polar surface area (TPSA) is 81.4 Å². The molecule has 19 heavy (non-hydrogen) atoms. The summed E-state index contributed by atoms with van der Waals surface area (Å²) < 4.78 is 17.7. The van der Waals surface area contributed by atoms with Crippen molar-refractivity contribution >= 4 is 17.6 Å². The lowest BCUT2D eigenvalue weighted by molar-refractivity contribution is -0.119. The van der Waals surface area contributed by atoms with E-state index in [1.807, 2.05) is 0 Å². The van der Waals surface area contributed by atoms with Crippen molar-refractivity contribution < 1.29 is 18.7 Å². The van der Waals surface area contributed by atoms with E-state index in [4.69, 9.17) is 5.73 Å². The van der Waals surface area contributed by atoms with Gasteiger partial charge in [-0.1, -0.05) is 6.92 Å². The molecule has 104 valence electrons. The van der Waals surface area contributed by atoms with Crippen LogP contribution >= 0.6 is 0 Å². The minimum absolute atomic E-state index is 0.0178. The molecule has 0 saturated heterocycles. The summed E-state index contributed by atoms with van der Waals surface area (Å²) >= 11 is 0. The van der Waals surface area contributed by atoms with Crippen molar-refractivity contribution in [1.82, 2.24) is 0 Å². The van der Waals surface area contributed by atoms with Crippen molar-refractivity contribution in [3.63, 3.8) is 0 Å². The largest absolute Gasteiger partial charge is 0.465 e. The predicted molar refractivity (Wildman–Crippen MR) is 69.2 cm³/mol. The van der Waals surface area contributed by atoms with Crippen LogP contribution in [-0.2, 0) is 9.53 Å². The highest BCUT2D eigenvalue weighted by Gasteiger charge is 2.17. The Morgan fingerprint density at radius 1 is 1.47 bits per heavy atom. The van der Waals surface area contributed by atoms with Crippen LogP contribution in [0.5, 0.6) is 0 Å². The molecule has 0 aromatic heterocycles. The van der Waals surface area contributed by atoms with E-state index in [0.717, 1.165) is 12.1 Å². The third-order valence-corrected chi connectivity index (χ3v) is 2.69. The monoisotopic (exact) mass is 268 g/mol. The maximum Gasteiger partial charge on any atom is 0.340 e. The van der Waals surface area contributed by atoms with E-state index in [1.165, 1.54) is 13.2 Å². The van der Waals surface area contributed by atoms with Gasteiger partial charge in [0, 0.05) is 5.92 Å². The Hall–Kier alpha value is -1.95. The maximum atomic E-state index is 13.1. The van der Waals surface area contributed by atoms with Crippen molar-refractivity contribution in [2.24, 2.45) is 11.7 Å². The number of rotatable bonds is 5. The Balaban J connectivity index is 2.94. The smallest absolute Gasteiger partial charge is 0.340 e. The maximum absolute atomic E-state index is 13.1. The molecule has 3 N–H and O–H groups in total. The molecule has 0 heterocycles. The first-order valence-electron chi connectivity index (χ1n) is 5.88. The van der Waals surface area contributed by atoms with Gasteiger partial charge in [-0.25, -0.2) is 9.18 Å². The average Bonchev–Trinajstić information content (AvgIpc) is 2.40. The van der Waals surface area contributed by atoms with Gasteiger partial charge in [0.05, 0.1) is 18.4 Å². The van der Waals surface area contributed by atoms with Crippen LogP contribution in [0.4, 0.5) is 10.1 Å². The molecule has 0 aliphatic rings. The number of ether oxygens (including phenoxy) is 1. The Morgan fingerprint density at radius 3 is 2.74 bits per heavy atom. The number of anilines is 1. The highest BCUT2D eigenvalue weighted by atomic mass is 19.1. The fourth-order valence-electron chi connectivity index (χ4n) is 1.54. The highest BCUT2D eigenvalue weighted by Crippen LogP contribution is 2.19. The fourth-order valence-corrected chi connectivity index (χ4v) is 1.54. The lowest BCUT2D eigenvalue weighted by Gasteiger charge is -2.13. The van der Waals surface area contributed by atoms with Gasteiger partial charge in [0.1, 0.15) is 5.82 Å². The molecule has 0 radical (unpaired) electrons. The number of methoxy groups -OCH3 is 1. The summed E-state index contributed by atoms with van der Waals surface area (Å²) in [5, 5.41) is 2.58. The van der Waals surface area contributed by atoms with Crippen LogP contribution in [0.1, 0.15) is 23.7 Å². The van der Waals surface area contributed by atoms with Crippen LogP contribution in [0.15, 0.2) is 18.2 Å². The first kappa shape index (κ1) is 15.1. The van der Waals surface area contributed by atoms with E-state index in [1.54, 1.807) is 6.92 Å². The number of hydrogen-bond acceptors (Lipinski definition) is 4. The number of hydrogen-bond donors (Lipinski definition) is 2. The van der Waals surface area contributed by atoms with Gasteiger partial charge in [-0.2, -0.15) is 0 Å². The van der Waals surface area contributed by atoms with Crippen molar-refractivity contribution in [3.05, 3.63) is 29.6 Å². The third-order valence-electron chi connectivity index (χ3n) is 2.69. The number of esters is 1. The SMILES string of the molecule is COC(=O)c1cc(F)ccc1NC(=O)C(C)CCN. The molecule has 1 aromatic rings. The first-order valence-corrected chi connectivity index (χ1v) is 5.88. The molecular formula is C13H17FN2O3. The summed E-state index contributed by atoms with van der Waals surface area (Å²) in [7, 11) is 1.19. The number of carbonyl (C=O) groups excluding carboxylic acids is 2. The molecule has 0 saturated carbocycles. The Kier molecular flexibility index (Phi) is 5.44. The van der Waals surface area contributed by atoms with Crippen LogP contribution in [0.3, 0.4) is 0 Å². The summed E-state index contributed by atoms with van der Waals surface area (Å²) in [6.45, 7) is 2.12. The number of halogens is 1. The van der Waals surface area contributed by atoms with Crippen molar-refractivity contribution in [2.45, 2.75) is 13.3 Å². The second-order valence-corrected chi connectivity index (χ2v) is 4.15. The third kappa shape index (κ3) is 4.03. The second-order valence-electron chi connectivity index (χ2n) is 4.15. The van der Waals surface area contributed by atoms with Crippen molar-refractivity contribution in [1.29, 1.82) is 0 Å². The van der Waals surface area contributed by atoms with Gasteiger partial charge in [0.2, 0.25) is 5.91 Å². The molecule has 0 fully saturated rings. The van der Waals surface area contributed by atoms with E-state index in [2.05, 4.69) is 10.1 Å². The lowest BCUT2D eigenvalue weighted by Crippen LogP contribution is -2.24. The quantitative estimate of drug-likeness (QED) is 0.794. The van der Waals surface area contributed by atoms with Gasteiger partial charge in [0.15, 0.2) is 0 Å². The summed E-state index contributed by atoms with van der Waals surface area (Å²) in [5.41, 5.74) is 5.58. The molecule has 0 aliphatic heterocycles. The van der Waals surface area contributed by atoms with Gasteiger partial charge < -0.3 is 15.8 Å². The van der Waals surface area contributed by atoms with Crippen LogP contribution in [0.25, 0.3) is 0 Å². The van der Waals surface area contributed by atoms with Gasteiger partial charge in [0.25, 0.3) is 0 Å². The van der Waals surface area contributed by atoms with E-state index >= 15 is 0 Å². The average molecular weight is 268 g/mol. The molecule has 1 rings (SSSR count). The number of amides is 1. The summed E-state index contributed by atoms with van der Waals surface area (Å²) in [6.07, 6.45) is 0.528. The Labute approximate surface area is 110 Å². The zero-order valence-corrected chi connectivity index (χ0v) is 10.9. The van der Waals surface area contributed by atoms with E-state index in [-0.39, 0.29) is 23.1 Å². The van der Waals surface area contributed by atoms with Gasteiger partial charge in [-0.3, -0.25) is 4.79 Å². The minimum Gasteiger partial charge on any atom is -0.465 e. The molecule has 1 aromatic carbocycles. The van der Waals surface area contributed by atoms with E-state index < -0.39 is 11.8 Å². The Bertz CT molecular complexity index is 477. The zero-order valence-electron chi connectivity index (χ0n) is 10.9.